The molecule has 0 unspecified atom stereocenters. The second-order valence-electron chi connectivity index (χ2n) is 3.54. The van der Waals surface area contributed by atoms with Gasteiger partial charge in [-0.3, -0.25) is 4.68 Å². The Kier molecular flexibility index (Phi) is 3.50. The molecule has 2 N–H and O–H groups in total. The standard InChI is InChI=1S/C10H12N4O2S/c1-14-6-12-9(13-14)4-11-3-8-2-7(5-17-8)10(15)16/h2,5-6,11H,3-4H2,1H3,(H,15,16). The Bertz CT molecular complexity index is 520. The number of hydrogen-bond donors (Lipinski definition) is 2. The molecule has 17 heavy (non-hydrogen) atoms. The molecule has 0 fully saturated rings. The maximum Gasteiger partial charge on any atom is 0.336 e. The summed E-state index contributed by atoms with van der Waals surface area (Å²) in [4.78, 5) is 15.7. The molecule has 0 radical (unpaired) electrons. The number of thiophene rings is 1. The quantitative estimate of drug-likeness (QED) is 0.825. The van der Waals surface area contributed by atoms with Crippen LogP contribution < -0.4 is 5.32 Å². The molecule has 0 aliphatic rings. The first-order chi connectivity index (χ1) is 8.15. The Hall–Kier alpha value is -1.73. The molecule has 0 bridgehead atoms. The summed E-state index contributed by atoms with van der Waals surface area (Å²) >= 11 is 1.43. The number of nitrogens with one attached hydrogen (secondary N) is 1. The molecule has 0 aromatic carbocycles. The second-order valence-corrected chi connectivity index (χ2v) is 4.54. The Morgan fingerprint density at radius 1 is 1.59 bits per heavy atom. The van der Waals surface area contributed by atoms with Gasteiger partial charge in [-0.15, -0.1) is 11.3 Å². The van der Waals surface area contributed by atoms with E-state index in [1.54, 1.807) is 22.5 Å². The number of carboxylic acid groups (broad SMARTS) is 1. The molecule has 0 spiro atoms. The van der Waals surface area contributed by atoms with E-state index in [1.165, 1.54) is 11.3 Å². The minimum absolute atomic E-state index is 0.336. The van der Waals surface area contributed by atoms with Crippen LogP contribution in [0, 0.1) is 0 Å². The van der Waals surface area contributed by atoms with E-state index in [4.69, 9.17) is 5.11 Å². The van der Waals surface area contributed by atoms with Gasteiger partial charge in [0.1, 0.15) is 6.33 Å². The number of hydrogen-bond acceptors (Lipinski definition) is 5. The first-order valence-electron chi connectivity index (χ1n) is 5.01. The van der Waals surface area contributed by atoms with Crippen molar-refractivity contribution < 1.29 is 9.90 Å². The van der Waals surface area contributed by atoms with E-state index in [2.05, 4.69) is 15.4 Å². The maximum atomic E-state index is 10.7. The van der Waals surface area contributed by atoms with Gasteiger partial charge in [0.05, 0.1) is 12.1 Å². The van der Waals surface area contributed by atoms with Gasteiger partial charge in [-0.2, -0.15) is 5.10 Å². The second kappa shape index (κ2) is 5.07. The van der Waals surface area contributed by atoms with Gasteiger partial charge in [0.15, 0.2) is 5.82 Å². The van der Waals surface area contributed by atoms with Crippen LogP contribution in [-0.2, 0) is 20.1 Å². The summed E-state index contributed by atoms with van der Waals surface area (Å²) < 4.78 is 1.64. The molecule has 2 rings (SSSR count). The fourth-order valence-corrected chi connectivity index (χ4v) is 2.18. The molecule has 0 atom stereocenters. The summed E-state index contributed by atoms with van der Waals surface area (Å²) in [7, 11) is 1.81. The van der Waals surface area contributed by atoms with Gasteiger partial charge in [0.2, 0.25) is 0 Å². The van der Waals surface area contributed by atoms with Crippen molar-refractivity contribution in [1.82, 2.24) is 20.1 Å². The van der Waals surface area contributed by atoms with Crippen molar-refractivity contribution in [3.05, 3.63) is 34.0 Å². The normalized spacial score (nSPS) is 10.6. The highest BCUT2D eigenvalue weighted by Crippen LogP contribution is 2.14. The number of carbonyl (C=O) groups is 1. The predicted molar refractivity (Wildman–Crippen MR) is 62.8 cm³/mol. The molecular weight excluding hydrogens is 240 g/mol. The highest BCUT2D eigenvalue weighted by Gasteiger charge is 2.06. The van der Waals surface area contributed by atoms with E-state index in [1.807, 2.05) is 7.05 Å². The summed E-state index contributed by atoms with van der Waals surface area (Å²) in [5.74, 6) is -0.165. The van der Waals surface area contributed by atoms with Crippen LogP contribution in [0.25, 0.3) is 0 Å². The molecule has 0 amide bonds. The van der Waals surface area contributed by atoms with Gasteiger partial charge in [-0.1, -0.05) is 0 Å². The average Bonchev–Trinajstić information content (AvgIpc) is 2.88. The fourth-order valence-electron chi connectivity index (χ4n) is 1.35. The average molecular weight is 252 g/mol. The number of rotatable bonds is 5. The molecule has 6 nitrogen and oxygen atoms in total. The van der Waals surface area contributed by atoms with Crippen LogP contribution in [0.4, 0.5) is 0 Å². The van der Waals surface area contributed by atoms with Crippen molar-refractivity contribution in [3.8, 4) is 0 Å². The van der Waals surface area contributed by atoms with Crippen molar-refractivity contribution in [2.24, 2.45) is 7.05 Å². The lowest BCUT2D eigenvalue weighted by atomic mass is 10.3. The lowest BCUT2D eigenvalue weighted by Crippen LogP contribution is -2.13. The number of nitrogens with zero attached hydrogens (tertiary/aromatic N) is 3. The van der Waals surface area contributed by atoms with Crippen LogP contribution in [-0.4, -0.2) is 25.8 Å². The molecule has 2 aromatic heterocycles. The van der Waals surface area contributed by atoms with E-state index in [9.17, 15) is 4.79 Å². The van der Waals surface area contributed by atoms with Gasteiger partial charge < -0.3 is 10.4 Å². The van der Waals surface area contributed by atoms with E-state index in [-0.39, 0.29) is 0 Å². The molecule has 90 valence electrons. The topological polar surface area (TPSA) is 80.0 Å². The SMILES string of the molecule is Cn1cnc(CNCc2cc(C(=O)O)cs2)n1. The monoisotopic (exact) mass is 252 g/mol. The van der Waals surface area contributed by atoms with Crippen molar-refractivity contribution >= 4 is 17.3 Å². The van der Waals surface area contributed by atoms with E-state index in [0.29, 0.717) is 18.7 Å². The van der Waals surface area contributed by atoms with Gasteiger partial charge >= 0.3 is 5.97 Å². The summed E-state index contributed by atoms with van der Waals surface area (Å²) in [6.07, 6.45) is 1.64. The molecule has 0 saturated carbocycles. The third-order valence-electron chi connectivity index (χ3n) is 2.13. The van der Waals surface area contributed by atoms with E-state index >= 15 is 0 Å². The van der Waals surface area contributed by atoms with E-state index < -0.39 is 5.97 Å². The van der Waals surface area contributed by atoms with Crippen LogP contribution in [0.2, 0.25) is 0 Å². The third kappa shape index (κ3) is 3.11. The van der Waals surface area contributed by atoms with Gasteiger partial charge in [0.25, 0.3) is 0 Å². The number of aromatic nitrogens is 3. The zero-order chi connectivity index (χ0) is 12.3. The minimum Gasteiger partial charge on any atom is -0.478 e. The Morgan fingerprint density at radius 3 is 3.00 bits per heavy atom. The molecule has 2 aromatic rings. The minimum atomic E-state index is -0.890. The number of aryl methyl sites for hydroxylation is 1. The largest absolute Gasteiger partial charge is 0.478 e. The molecule has 0 saturated heterocycles. The third-order valence-corrected chi connectivity index (χ3v) is 3.07. The van der Waals surface area contributed by atoms with E-state index in [0.717, 1.165) is 10.7 Å². The smallest absolute Gasteiger partial charge is 0.336 e. The first-order valence-corrected chi connectivity index (χ1v) is 5.89. The van der Waals surface area contributed by atoms with Crippen LogP contribution in [0.1, 0.15) is 21.1 Å². The Labute approximate surface area is 102 Å². The van der Waals surface area contributed by atoms with Crippen molar-refractivity contribution in [2.75, 3.05) is 0 Å². The van der Waals surface area contributed by atoms with Crippen molar-refractivity contribution in [3.63, 3.8) is 0 Å². The Morgan fingerprint density at radius 2 is 2.41 bits per heavy atom. The zero-order valence-corrected chi connectivity index (χ0v) is 10.1. The summed E-state index contributed by atoms with van der Waals surface area (Å²) in [5, 5.41) is 17.7. The van der Waals surface area contributed by atoms with Crippen LogP contribution in [0.3, 0.4) is 0 Å². The van der Waals surface area contributed by atoms with Crippen LogP contribution >= 0.6 is 11.3 Å². The number of aromatic carboxylic acids is 1. The summed E-state index contributed by atoms with van der Waals surface area (Å²) in [5.41, 5.74) is 0.336. The molecular formula is C10H12N4O2S. The first kappa shape index (κ1) is 11.7. The molecule has 0 aliphatic carbocycles. The van der Waals surface area contributed by atoms with Crippen molar-refractivity contribution in [2.45, 2.75) is 13.1 Å². The van der Waals surface area contributed by atoms with Crippen molar-refractivity contribution in [1.29, 1.82) is 0 Å². The highest BCUT2D eigenvalue weighted by atomic mass is 32.1. The van der Waals surface area contributed by atoms with Gasteiger partial charge in [-0.05, 0) is 6.07 Å². The zero-order valence-electron chi connectivity index (χ0n) is 9.25. The predicted octanol–water partition coefficient (Wildman–Crippen LogP) is 0.865. The molecule has 2 heterocycles. The molecule has 7 heteroatoms. The molecule has 0 aliphatic heterocycles. The fraction of sp³-hybridized carbons (Fsp3) is 0.300. The lowest BCUT2D eigenvalue weighted by Gasteiger charge is -1.98. The van der Waals surface area contributed by atoms with Gasteiger partial charge in [0, 0.05) is 23.8 Å². The maximum absolute atomic E-state index is 10.7. The van der Waals surface area contributed by atoms with Crippen LogP contribution in [0.15, 0.2) is 17.8 Å². The number of carboxylic acids is 1. The van der Waals surface area contributed by atoms with Crippen LogP contribution in [0.5, 0.6) is 0 Å². The lowest BCUT2D eigenvalue weighted by molar-refractivity contribution is 0.0697. The van der Waals surface area contributed by atoms with Gasteiger partial charge in [-0.25, -0.2) is 9.78 Å². The summed E-state index contributed by atoms with van der Waals surface area (Å²) in [6, 6.07) is 1.67. The Balaban J connectivity index is 1.83. The highest BCUT2D eigenvalue weighted by molar-refractivity contribution is 7.10. The summed E-state index contributed by atoms with van der Waals surface area (Å²) in [6.45, 7) is 1.19.